The minimum absolute atomic E-state index is 0. The Kier molecular flexibility index (Phi) is 44.6. The maximum absolute atomic E-state index is 9.08. The molecule has 128 valence electrons. The van der Waals surface area contributed by atoms with Gasteiger partial charge in [-0.05, 0) is 0 Å². The normalized spacial score (nSPS) is 9.67. The van der Waals surface area contributed by atoms with Crippen LogP contribution in [0.5, 0.6) is 0 Å². The van der Waals surface area contributed by atoms with Gasteiger partial charge in [0.1, 0.15) is 0 Å². The number of hydrogen-bond donors (Lipinski definition) is 0. The number of hydrogen-bond acceptors (Lipinski definition) is 12. The first kappa shape index (κ1) is 50.2. The van der Waals surface area contributed by atoms with Crippen molar-refractivity contribution < 1.29 is 127 Å². The molecule has 0 spiro atoms. The predicted molar refractivity (Wildman–Crippen MR) is 62.5 cm³/mol. The minimum Gasteiger partial charge on any atom is -0.748 e. The molecule has 0 atom stereocenters. The van der Waals surface area contributed by atoms with Crippen molar-refractivity contribution in [3.05, 3.63) is 0 Å². The van der Waals surface area contributed by atoms with Gasteiger partial charge in [0.15, 0.2) is 0 Å². The van der Waals surface area contributed by atoms with Crippen LogP contribution >= 0.6 is 0 Å². The summed E-state index contributed by atoms with van der Waals surface area (Å²) in [6, 6.07) is 0. The zero-order valence-corrected chi connectivity index (χ0v) is 17.8. The molecule has 0 bridgehead atoms. The number of rotatable bonds is 0. The topological polar surface area (TPSA) is 229 Å². The van der Waals surface area contributed by atoms with E-state index in [1.165, 1.54) is 0 Å². The van der Waals surface area contributed by atoms with E-state index in [1.54, 1.807) is 0 Å². The molecule has 0 heterocycles. The maximum atomic E-state index is 9.08. The second kappa shape index (κ2) is 21.3. The van der Waals surface area contributed by atoms with Crippen molar-refractivity contribution in [2.45, 2.75) is 0 Å². The molecule has 12 nitrogen and oxygen atoms in total. The third-order valence-electron chi connectivity index (χ3n) is 0. The fraction of sp³-hybridized carbons (Fsp3) is 1.00. The molecule has 0 aromatic rings. The quantitative estimate of drug-likeness (QED) is 0.269. The molecule has 0 aliphatic carbocycles. The molecule has 0 amide bonds. The predicted octanol–water partition coefficient (Wildman–Crippen LogP) is -15.3. The Hall–Kier alpha value is 2.03. The summed E-state index contributed by atoms with van der Waals surface area (Å²) in [5.41, 5.74) is 0. The molecule has 0 aromatic carbocycles. The van der Waals surface area contributed by atoms with Gasteiger partial charge in [0.2, 0.25) is 0 Å². The molecule has 20 heteroatoms. The summed E-state index contributed by atoms with van der Waals surface area (Å²) in [5, 5.41) is 0. The molecule has 0 fully saturated rings. The second-order valence-electron chi connectivity index (χ2n) is 2.82. The van der Waals surface area contributed by atoms with Gasteiger partial charge in [0, 0.05) is 25.0 Å². The van der Waals surface area contributed by atoms with E-state index >= 15 is 0 Å². The molecule has 0 aromatic heterocycles. The monoisotopic (exact) mass is 408 g/mol. The third-order valence-corrected chi connectivity index (χ3v) is 0. The van der Waals surface area contributed by atoms with E-state index < -0.39 is 40.5 Å². The van der Waals surface area contributed by atoms with Crippen molar-refractivity contribution in [3.63, 3.8) is 0 Å². The van der Waals surface area contributed by atoms with E-state index in [0.717, 1.165) is 0 Å². The zero-order chi connectivity index (χ0) is 18.0. The molecule has 0 aliphatic rings. The summed E-state index contributed by atoms with van der Waals surface area (Å²) >= 11 is 0. The van der Waals surface area contributed by atoms with E-state index in [4.69, 9.17) is 51.9 Å². The van der Waals surface area contributed by atoms with Gasteiger partial charge in [-0.2, -0.15) is 0 Å². The van der Waals surface area contributed by atoms with Crippen LogP contribution in [0.3, 0.4) is 0 Å². The van der Waals surface area contributed by atoms with Crippen LogP contribution in [0.4, 0.5) is 0 Å². The summed E-state index contributed by atoms with van der Waals surface area (Å²) in [6.07, 6.45) is 2.42. The van der Waals surface area contributed by atoms with Crippen LogP contribution < -0.4 is 75.4 Å². The van der Waals surface area contributed by atoms with E-state index in [2.05, 4.69) is 0 Å². The van der Waals surface area contributed by atoms with Crippen molar-refractivity contribution >= 4 is 40.5 Å². The Balaban J connectivity index is -0.0000000225. The molecule has 24 heavy (non-hydrogen) atoms. The van der Waals surface area contributed by atoms with E-state index in [0.29, 0.717) is 25.0 Å². The van der Waals surface area contributed by atoms with Crippen LogP contribution in [0.15, 0.2) is 0 Å². The average molecular weight is 408 g/mol. The maximum Gasteiger partial charge on any atom is 1.00 e. The first-order valence-corrected chi connectivity index (χ1v) is 10.9. The van der Waals surface area contributed by atoms with Gasteiger partial charge in [0.25, 0.3) is 0 Å². The van der Waals surface area contributed by atoms with Crippen molar-refractivity contribution in [1.29, 1.82) is 0 Å². The van der Waals surface area contributed by atoms with Crippen molar-refractivity contribution in [3.8, 4) is 0 Å². The van der Waals surface area contributed by atoms with Crippen LogP contribution in [0, 0.1) is 0 Å². The first-order valence-electron chi connectivity index (χ1n) is 3.63. The smallest absolute Gasteiger partial charge is 0.748 e. The summed E-state index contributed by atoms with van der Waals surface area (Å²) in [7, 11) is -15.7. The average Bonchev–Trinajstić information content (AvgIpc) is 1.62. The van der Waals surface area contributed by atoms with E-state index in [-0.39, 0.29) is 75.4 Å². The molecule has 0 saturated carbocycles. The summed E-state index contributed by atoms with van der Waals surface area (Å²) in [6.45, 7) is 0. The second-order valence-corrected chi connectivity index (χ2v) is 8.45. The summed E-state index contributed by atoms with van der Waals surface area (Å²) in [5.74, 6) is 0. The molecule has 0 unspecified atom stereocenters. The van der Waals surface area contributed by atoms with Crippen molar-refractivity contribution in [2.24, 2.45) is 0 Å². The van der Waals surface area contributed by atoms with Crippen LogP contribution in [0.2, 0.25) is 0 Å². The molecular weight excluding hydrogens is 396 g/mol. The Morgan fingerprint density at radius 1 is 0.375 bits per heavy atom. The largest absolute Gasteiger partial charge is 1.00 e. The minimum atomic E-state index is -3.92. The molecule has 0 rings (SSSR count). The fourth-order valence-corrected chi connectivity index (χ4v) is 0. The molecular formula is C4H12Li4O12S4. The van der Waals surface area contributed by atoms with Gasteiger partial charge >= 0.3 is 75.4 Å². The van der Waals surface area contributed by atoms with Gasteiger partial charge in [-0.15, -0.1) is 0 Å². The Morgan fingerprint density at radius 2 is 0.375 bits per heavy atom. The first-order chi connectivity index (χ1) is 8.00. The summed E-state index contributed by atoms with van der Waals surface area (Å²) in [4.78, 5) is 0. The molecule has 0 radical (unpaired) electrons. The van der Waals surface area contributed by atoms with Crippen molar-refractivity contribution in [2.75, 3.05) is 25.0 Å². The Morgan fingerprint density at radius 3 is 0.375 bits per heavy atom. The van der Waals surface area contributed by atoms with Gasteiger partial charge in [0.05, 0.1) is 40.5 Å². The molecule has 0 saturated heterocycles. The Labute approximate surface area is 191 Å². The fourth-order valence-electron chi connectivity index (χ4n) is 0. The standard InChI is InChI=1S/4CH4O3S.4Li/c4*1-5(2,3)4;;;;/h4*1H3,(H,2,3,4);;;;/q;;;;4*+1/p-4. The molecule has 0 aliphatic heterocycles. The Bertz CT molecular complexity index is 496. The zero-order valence-electron chi connectivity index (χ0n) is 14.5. The van der Waals surface area contributed by atoms with Gasteiger partial charge in [-0.3, -0.25) is 0 Å². The summed E-state index contributed by atoms with van der Waals surface area (Å²) < 4.78 is 109. The van der Waals surface area contributed by atoms with Crippen LogP contribution in [0.1, 0.15) is 0 Å². The third kappa shape index (κ3) is 3090. The van der Waals surface area contributed by atoms with E-state index in [1.807, 2.05) is 0 Å². The van der Waals surface area contributed by atoms with Crippen LogP contribution in [-0.2, 0) is 40.5 Å². The molecule has 0 N–H and O–H groups in total. The van der Waals surface area contributed by atoms with Gasteiger partial charge in [-0.1, -0.05) is 0 Å². The SMILES string of the molecule is CS(=O)(=O)[O-].CS(=O)(=O)[O-].CS(=O)(=O)[O-].CS(=O)(=O)[O-].[Li+].[Li+].[Li+].[Li+]. The van der Waals surface area contributed by atoms with Gasteiger partial charge in [-0.25, -0.2) is 33.7 Å². The van der Waals surface area contributed by atoms with Crippen molar-refractivity contribution in [1.82, 2.24) is 0 Å². The van der Waals surface area contributed by atoms with Crippen LogP contribution in [-0.4, -0.2) is 76.9 Å². The van der Waals surface area contributed by atoms with Crippen LogP contribution in [0.25, 0.3) is 0 Å². The van der Waals surface area contributed by atoms with Gasteiger partial charge < -0.3 is 18.2 Å². The van der Waals surface area contributed by atoms with E-state index in [9.17, 15) is 0 Å².